The lowest BCUT2D eigenvalue weighted by molar-refractivity contribution is 0.0696. The normalized spacial score (nSPS) is 11.5. The molecule has 0 fully saturated rings. The molecule has 8 heteroatoms. The summed E-state index contributed by atoms with van der Waals surface area (Å²) in [5.74, 6) is -1.22. The number of hydrogen-bond acceptors (Lipinski definition) is 4. The maximum Gasteiger partial charge on any atom is 0.335 e. The number of benzene rings is 1. The van der Waals surface area contributed by atoms with E-state index in [0.717, 1.165) is 0 Å². The number of nitrogens with zero attached hydrogens (tertiary/aromatic N) is 2. The summed E-state index contributed by atoms with van der Waals surface area (Å²) in [7, 11) is -3.54. The highest BCUT2D eigenvalue weighted by molar-refractivity contribution is 9.10. The lowest BCUT2D eigenvalue weighted by atomic mass is 10.2. The molecule has 2 aromatic rings. The van der Waals surface area contributed by atoms with Gasteiger partial charge in [-0.1, -0.05) is 0 Å². The monoisotopic (exact) mass is 372 g/mol. The van der Waals surface area contributed by atoms with Crippen molar-refractivity contribution in [1.29, 1.82) is 0 Å². The Hall–Kier alpha value is -1.67. The first-order valence-corrected chi connectivity index (χ1v) is 8.56. The molecule has 0 saturated carbocycles. The summed E-state index contributed by atoms with van der Waals surface area (Å²) in [5.41, 5.74) is -0.0496. The fourth-order valence-corrected chi connectivity index (χ4v) is 4.23. The van der Waals surface area contributed by atoms with Crippen molar-refractivity contribution < 1.29 is 18.3 Å². The van der Waals surface area contributed by atoms with Gasteiger partial charge in [-0.25, -0.2) is 18.2 Å². The number of carbonyl (C=O) groups is 1. The van der Waals surface area contributed by atoms with Crippen LogP contribution in [0.2, 0.25) is 0 Å². The van der Waals surface area contributed by atoms with Crippen LogP contribution in [0, 0.1) is 0 Å². The molecule has 21 heavy (non-hydrogen) atoms. The molecule has 1 aromatic carbocycles. The minimum absolute atomic E-state index is 0.00744. The summed E-state index contributed by atoms with van der Waals surface area (Å²) in [6, 6.07) is 3.97. The molecule has 0 unspecified atom stereocenters. The van der Waals surface area contributed by atoms with Crippen molar-refractivity contribution >= 4 is 31.7 Å². The highest BCUT2D eigenvalue weighted by Crippen LogP contribution is 2.25. The van der Waals surface area contributed by atoms with Gasteiger partial charge in [0, 0.05) is 23.4 Å². The van der Waals surface area contributed by atoms with E-state index in [1.54, 1.807) is 23.3 Å². The van der Waals surface area contributed by atoms with Gasteiger partial charge in [0.1, 0.15) is 0 Å². The van der Waals surface area contributed by atoms with Crippen LogP contribution in [0.4, 0.5) is 0 Å². The number of imidazole rings is 1. The largest absolute Gasteiger partial charge is 0.478 e. The van der Waals surface area contributed by atoms with Crippen molar-refractivity contribution in [1.82, 2.24) is 9.55 Å². The van der Waals surface area contributed by atoms with E-state index >= 15 is 0 Å². The van der Waals surface area contributed by atoms with E-state index in [1.807, 2.05) is 0 Å². The topological polar surface area (TPSA) is 89.3 Å². The molecule has 0 bridgehead atoms. The Morgan fingerprint density at radius 2 is 2.14 bits per heavy atom. The number of aromatic nitrogens is 2. The van der Waals surface area contributed by atoms with Crippen molar-refractivity contribution in [3.05, 3.63) is 47.0 Å². The molecule has 6 nitrogen and oxygen atoms in total. The minimum atomic E-state index is -3.54. The van der Waals surface area contributed by atoms with E-state index in [4.69, 9.17) is 5.11 Å². The van der Waals surface area contributed by atoms with Crippen LogP contribution >= 0.6 is 15.9 Å². The zero-order chi connectivity index (χ0) is 15.5. The van der Waals surface area contributed by atoms with Crippen LogP contribution in [0.5, 0.6) is 0 Å². The molecule has 0 aliphatic rings. The number of rotatable bonds is 6. The van der Waals surface area contributed by atoms with E-state index in [2.05, 4.69) is 20.9 Å². The second-order valence-electron chi connectivity index (χ2n) is 4.42. The first-order valence-electron chi connectivity index (χ1n) is 6.11. The van der Waals surface area contributed by atoms with Gasteiger partial charge >= 0.3 is 5.97 Å². The molecular formula is C13H13BrN2O4S. The lowest BCUT2D eigenvalue weighted by Gasteiger charge is -2.08. The van der Waals surface area contributed by atoms with Crippen LogP contribution in [0.3, 0.4) is 0 Å². The maximum atomic E-state index is 12.3. The van der Waals surface area contributed by atoms with Gasteiger partial charge in [0.15, 0.2) is 9.84 Å². The van der Waals surface area contributed by atoms with Crippen LogP contribution in [-0.2, 0) is 16.4 Å². The van der Waals surface area contributed by atoms with Crippen molar-refractivity contribution in [2.75, 3.05) is 5.75 Å². The third kappa shape index (κ3) is 3.92. The van der Waals surface area contributed by atoms with Gasteiger partial charge in [0.2, 0.25) is 0 Å². The molecule has 0 spiro atoms. The van der Waals surface area contributed by atoms with Crippen LogP contribution in [0.25, 0.3) is 0 Å². The van der Waals surface area contributed by atoms with Crippen LogP contribution in [0.15, 0.2) is 46.3 Å². The van der Waals surface area contributed by atoms with Gasteiger partial charge < -0.3 is 9.67 Å². The number of carboxylic acid groups (broad SMARTS) is 1. The molecular weight excluding hydrogens is 360 g/mol. The molecule has 2 rings (SSSR count). The highest BCUT2D eigenvalue weighted by atomic mass is 79.9. The standard InChI is InChI=1S/C13H13BrN2O4S/c14-11-3-2-10(13(17)18)8-12(11)21(19,20)7-1-5-16-6-4-15-9-16/h2-4,6,8-9H,1,5,7H2,(H,17,18). The van der Waals surface area contributed by atoms with E-state index in [9.17, 15) is 13.2 Å². The van der Waals surface area contributed by atoms with Gasteiger partial charge in [-0.3, -0.25) is 0 Å². The quantitative estimate of drug-likeness (QED) is 0.839. The minimum Gasteiger partial charge on any atom is -0.478 e. The Kier molecular flexibility index (Phi) is 4.79. The number of aromatic carboxylic acids is 1. The molecule has 1 aromatic heterocycles. The predicted octanol–water partition coefficient (Wildman–Crippen LogP) is 2.21. The summed E-state index contributed by atoms with van der Waals surface area (Å²) >= 11 is 3.16. The smallest absolute Gasteiger partial charge is 0.335 e. The van der Waals surface area contributed by atoms with Crippen molar-refractivity contribution in [3.8, 4) is 0 Å². The summed E-state index contributed by atoms with van der Waals surface area (Å²) in [6.45, 7) is 0.537. The molecule has 0 aliphatic carbocycles. The number of carboxylic acids is 1. The second kappa shape index (κ2) is 6.40. The molecule has 1 heterocycles. The number of aryl methyl sites for hydroxylation is 1. The molecule has 0 radical (unpaired) electrons. The van der Waals surface area contributed by atoms with E-state index in [0.29, 0.717) is 17.4 Å². The highest BCUT2D eigenvalue weighted by Gasteiger charge is 2.19. The summed E-state index contributed by atoms with van der Waals surface area (Å²) in [6.07, 6.45) is 5.42. The van der Waals surface area contributed by atoms with Crippen LogP contribution in [-0.4, -0.2) is 34.8 Å². The third-order valence-corrected chi connectivity index (χ3v) is 5.69. The Bertz CT molecular complexity index is 742. The third-order valence-electron chi connectivity index (χ3n) is 2.90. The Labute approximate surface area is 130 Å². The number of sulfone groups is 1. The number of halogens is 1. The predicted molar refractivity (Wildman–Crippen MR) is 80.0 cm³/mol. The van der Waals surface area contributed by atoms with Crippen LogP contribution < -0.4 is 0 Å². The molecule has 0 amide bonds. The average molecular weight is 373 g/mol. The van der Waals surface area contributed by atoms with Crippen molar-refractivity contribution in [2.45, 2.75) is 17.9 Å². The Balaban J connectivity index is 2.15. The summed E-state index contributed by atoms with van der Waals surface area (Å²) in [5, 5.41) is 8.95. The zero-order valence-electron chi connectivity index (χ0n) is 10.9. The van der Waals surface area contributed by atoms with Crippen molar-refractivity contribution in [2.24, 2.45) is 0 Å². The number of hydrogen-bond donors (Lipinski definition) is 1. The maximum absolute atomic E-state index is 12.3. The second-order valence-corrected chi connectivity index (χ2v) is 7.36. The molecule has 1 N–H and O–H groups in total. The average Bonchev–Trinajstić information content (AvgIpc) is 2.91. The van der Waals surface area contributed by atoms with E-state index in [-0.39, 0.29) is 16.2 Å². The fraction of sp³-hybridized carbons (Fsp3) is 0.231. The molecule has 112 valence electrons. The van der Waals surface area contributed by atoms with Gasteiger partial charge in [0.05, 0.1) is 22.5 Å². The zero-order valence-corrected chi connectivity index (χ0v) is 13.3. The van der Waals surface area contributed by atoms with Crippen LogP contribution in [0.1, 0.15) is 16.8 Å². The fourth-order valence-electron chi connectivity index (χ4n) is 1.84. The molecule has 0 aliphatic heterocycles. The van der Waals surface area contributed by atoms with E-state index < -0.39 is 15.8 Å². The summed E-state index contributed by atoms with van der Waals surface area (Å²) < 4.78 is 26.8. The lowest BCUT2D eigenvalue weighted by Crippen LogP contribution is -2.11. The van der Waals surface area contributed by atoms with E-state index in [1.165, 1.54) is 18.2 Å². The van der Waals surface area contributed by atoms with Gasteiger partial charge in [-0.15, -0.1) is 0 Å². The first-order chi connectivity index (χ1) is 9.90. The van der Waals surface area contributed by atoms with Gasteiger partial charge in [0.25, 0.3) is 0 Å². The first kappa shape index (κ1) is 15.7. The summed E-state index contributed by atoms with van der Waals surface area (Å²) in [4.78, 5) is 14.8. The molecule has 0 atom stereocenters. The Morgan fingerprint density at radius 3 is 2.76 bits per heavy atom. The Morgan fingerprint density at radius 1 is 1.38 bits per heavy atom. The van der Waals surface area contributed by atoms with Crippen molar-refractivity contribution in [3.63, 3.8) is 0 Å². The molecule has 0 saturated heterocycles. The van der Waals surface area contributed by atoms with Gasteiger partial charge in [-0.2, -0.15) is 0 Å². The van der Waals surface area contributed by atoms with Gasteiger partial charge in [-0.05, 0) is 40.5 Å². The SMILES string of the molecule is O=C(O)c1ccc(Br)c(S(=O)(=O)CCCn2ccnc2)c1.